The van der Waals surface area contributed by atoms with Gasteiger partial charge in [0.15, 0.2) is 0 Å². The summed E-state index contributed by atoms with van der Waals surface area (Å²) in [4.78, 5) is 0. The van der Waals surface area contributed by atoms with Crippen molar-refractivity contribution in [3.05, 3.63) is 59.7 Å². The topological polar surface area (TPSA) is 49.7 Å². The van der Waals surface area contributed by atoms with Crippen LogP contribution in [0.15, 0.2) is 48.5 Å². The van der Waals surface area contributed by atoms with Crippen LogP contribution in [0.25, 0.3) is 0 Å². The first kappa shape index (κ1) is 13.4. The standard InChI is InChI=1S/C16H18O3/c1-2-15(18)14-5-3-4-6-16(14)19-11-12-7-9-13(17)10-8-12/h3-10,15,17-18H,2,11H2,1H3/t15-/m1/s1. The van der Waals surface area contributed by atoms with Gasteiger partial charge < -0.3 is 14.9 Å². The van der Waals surface area contributed by atoms with Crippen LogP contribution in [0, 0.1) is 0 Å². The summed E-state index contributed by atoms with van der Waals surface area (Å²) in [5.74, 6) is 0.940. The van der Waals surface area contributed by atoms with Gasteiger partial charge in [-0.15, -0.1) is 0 Å². The molecule has 0 heterocycles. The quantitative estimate of drug-likeness (QED) is 0.864. The lowest BCUT2D eigenvalue weighted by atomic mass is 10.1. The van der Waals surface area contributed by atoms with Gasteiger partial charge in [-0.1, -0.05) is 37.3 Å². The number of aromatic hydroxyl groups is 1. The molecular weight excluding hydrogens is 240 g/mol. The zero-order chi connectivity index (χ0) is 13.7. The van der Waals surface area contributed by atoms with E-state index in [1.54, 1.807) is 12.1 Å². The van der Waals surface area contributed by atoms with Crippen molar-refractivity contribution in [1.82, 2.24) is 0 Å². The Kier molecular flexibility index (Phi) is 4.42. The van der Waals surface area contributed by atoms with E-state index in [4.69, 9.17) is 4.74 Å². The van der Waals surface area contributed by atoms with Crippen LogP contribution in [0.3, 0.4) is 0 Å². The minimum atomic E-state index is -0.504. The largest absolute Gasteiger partial charge is 0.508 e. The summed E-state index contributed by atoms with van der Waals surface area (Å²) in [6.07, 6.45) is 0.149. The average molecular weight is 258 g/mol. The van der Waals surface area contributed by atoms with Crippen molar-refractivity contribution in [2.24, 2.45) is 0 Å². The van der Waals surface area contributed by atoms with Crippen LogP contribution in [0.1, 0.15) is 30.6 Å². The Labute approximate surface area is 113 Å². The van der Waals surface area contributed by atoms with Gasteiger partial charge >= 0.3 is 0 Å². The first-order valence-electron chi connectivity index (χ1n) is 6.38. The number of phenolic OH excluding ortho intramolecular Hbond substituents is 1. The Hall–Kier alpha value is -2.00. The number of aliphatic hydroxyl groups is 1. The van der Waals surface area contributed by atoms with E-state index in [1.807, 2.05) is 43.3 Å². The van der Waals surface area contributed by atoms with Crippen molar-refractivity contribution >= 4 is 0 Å². The highest BCUT2D eigenvalue weighted by molar-refractivity contribution is 5.35. The molecule has 1 atom stereocenters. The fraction of sp³-hybridized carbons (Fsp3) is 0.250. The van der Waals surface area contributed by atoms with Crippen molar-refractivity contribution in [3.63, 3.8) is 0 Å². The van der Waals surface area contributed by atoms with E-state index in [0.29, 0.717) is 18.8 Å². The summed E-state index contributed by atoms with van der Waals surface area (Å²) in [6, 6.07) is 14.4. The molecule has 0 radical (unpaired) electrons. The van der Waals surface area contributed by atoms with Crippen molar-refractivity contribution in [1.29, 1.82) is 0 Å². The molecule has 0 aliphatic carbocycles. The molecule has 2 rings (SSSR count). The van der Waals surface area contributed by atoms with E-state index < -0.39 is 6.10 Å². The highest BCUT2D eigenvalue weighted by Crippen LogP contribution is 2.27. The lowest BCUT2D eigenvalue weighted by molar-refractivity contribution is 0.166. The SMILES string of the molecule is CC[C@@H](O)c1ccccc1OCc1ccc(O)cc1. The lowest BCUT2D eigenvalue weighted by Crippen LogP contribution is -2.02. The zero-order valence-corrected chi connectivity index (χ0v) is 10.9. The molecule has 3 nitrogen and oxygen atoms in total. The molecule has 0 saturated carbocycles. The van der Waals surface area contributed by atoms with Gasteiger partial charge in [0.1, 0.15) is 18.1 Å². The van der Waals surface area contributed by atoms with Crippen LogP contribution < -0.4 is 4.74 Å². The maximum absolute atomic E-state index is 9.93. The van der Waals surface area contributed by atoms with Crippen LogP contribution in [-0.4, -0.2) is 10.2 Å². The molecule has 2 aromatic carbocycles. The molecule has 19 heavy (non-hydrogen) atoms. The van der Waals surface area contributed by atoms with Crippen LogP contribution >= 0.6 is 0 Å². The van der Waals surface area contributed by atoms with Crippen molar-refractivity contribution in [3.8, 4) is 11.5 Å². The maximum Gasteiger partial charge on any atom is 0.125 e. The van der Waals surface area contributed by atoms with E-state index in [-0.39, 0.29) is 5.75 Å². The van der Waals surface area contributed by atoms with E-state index in [1.165, 1.54) is 0 Å². The molecular formula is C16H18O3. The third-order valence-electron chi connectivity index (χ3n) is 3.00. The third kappa shape index (κ3) is 3.48. The minimum absolute atomic E-state index is 0.241. The van der Waals surface area contributed by atoms with Crippen LogP contribution in [0.5, 0.6) is 11.5 Å². The van der Waals surface area contributed by atoms with E-state index in [2.05, 4.69) is 0 Å². The Balaban J connectivity index is 2.09. The van der Waals surface area contributed by atoms with Gasteiger partial charge in [0.05, 0.1) is 6.10 Å². The van der Waals surface area contributed by atoms with Gasteiger partial charge in [-0.05, 0) is 30.2 Å². The Morgan fingerprint density at radius 3 is 2.42 bits per heavy atom. The molecule has 2 aromatic rings. The van der Waals surface area contributed by atoms with Gasteiger partial charge in [0.25, 0.3) is 0 Å². The maximum atomic E-state index is 9.93. The van der Waals surface area contributed by atoms with Crippen LogP contribution in [0.2, 0.25) is 0 Å². The first-order valence-corrected chi connectivity index (χ1v) is 6.38. The lowest BCUT2D eigenvalue weighted by Gasteiger charge is -2.15. The molecule has 100 valence electrons. The van der Waals surface area contributed by atoms with E-state index >= 15 is 0 Å². The second kappa shape index (κ2) is 6.25. The summed E-state index contributed by atoms with van der Waals surface area (Å²) in [7, 11) is 0. The third-order valence-corrected chi connectivity index (χ3v) is 3.00. The van der Waals surface area contributed by atoms with Gasteiger partial charge in [0.2, 0.25) is 0 Å². The number of aliphatic hydroxyl groups excluding tert-OH is 1. The Bertz CT molecular complexity index is 520. The monoisotopic (exact) mass is 258 g/mol. The summed E-state index contributed by atoms with van der Waals surface area (Å²) in [6.45, 7) is 2.34. The number of phenols is 1. The molecule has 0 unspecified atom stereocenters. The fourth-order valence-electron chi connectivity index (χ4n) is 1.86. The average Bonchev–Trinajstić information content (AvgIpc) is 2.46. The minimum Gasteiger partial charge on any atom is -0.508 e. The van der Waals surface area contributed by atoms with Gasteiger partial charge in [-0.25, -0.2) is 0 Å². The molecule has 3 heteroatoms. The molecule has 2 N–H and O–H groups in total. The van der Waals surface area contributed by atoms with E-state index in [0.717, 1.165) is 11.1 Å². The molecule has 0 aliphatic heterocycles. The normalized spacial score (nSPS) is 12.1. The number of ether oxygens (including phenoxy) is 1. The molecule has 0 aromatic heterocycles. The Morgan fingerprint density at radius 1 is 1.05 bits per heavy atom. The summed E-state index contributed by atoms with van der Waals surface area (Å²) in [5.41, 5.74) is 1.78. The zero-order valence-electron chi connectivity index (χ0n) is 10.9. The van der Waals surface area contributed by atoms with Crippen LogP contribution in [-0.2, 0) is 6.61 Å². The van der Waals surface area contributed by atoms with Gasteiger partial charge in [0, 0.05) is 5.56 Å². The number of para-hydroxylation sites is 1. The smallest absolute Gasteiger partial charge is 0.125 e. The summed E-state index contributed by atoms with van der Waals surface area (Å²) >= 11 is 0. The predicted molar refractivity (Wildman–Crippen MR) is 74.1 cm³/mol. The van der Waals surface area contributed by atoms with Gasteiger partial charge in [-0.3, -0.25) is 0 Å². The van der Waals surface area contributed by atoms with Crippen molar-refractivity contribution in [2.45, 2.75) is 26.1 Å². The summed E-state index contributed by atoms with van der Waals surface area (Å²) in [5, 5.41) is 19.1. The molecule has 0 fully saturated rings. The molecule has 0 amide bonds. The number of hydrogen-bond acceptors (Lipinski definition) is 3. The second-order valence-electron chi connectivity index (χ2n) is 4.42. The molecule has 0 bridgehead atoms. The van der Waals surface area contributed by atoms with Gasteiger partial charge in [-0.2, -0.15) is 0 Å². The Morgan fingerprint density at radius 2 is 1.74 bits per heavy atom. The summed E-state index contributed by atoms with van der Waals surface area (Å²) < 4.78 is 5.74. The predicted octanol–water partition coefficient (Wildman–Crippen LogP) is 3.41. The highest BCUT2D eigenvalue weighted by Gasteiger charge is 2.10. The number of rotatable bonds is 5. The molecule has 0 spiro atoms. The van der Waals surface area contributed by atoms with Crippen molar-refractivity contribution < 1.29 is 14.9 Å². The first-order chi connectivity index (χ1) is 9.20. The highest BCUT2D eigenvalue weighted by atomic mass is 16.5. The van der Waals surface area contributed by atoms with Crippen molar-refractivity contribution in [2.75, 3.05) is 0 Å². The fourth-order valence-corrected chi connectivity index (χ4v) is 1.86. The van der Waals surface area contributed by atoms with Crippen LogP contribution in [0.4, 0.5) is 0 Å². The number of benzene rings is 2. The second-order valence-corrected chi connectivity index (χ2v) is 4.42. The molecule has 0 aliphatic rings. The molecule has 0 saturated heterocycles. The number of hydrogen-bond donors (Lipinski definition) is 2. The van der Waals surface area contributed by atoms with E-state index in [9.17, 15) is 10.2 Å².